The van der Waals surface area contributed by atoms with Crippen LogP contribution >= 0.6 is 27.5 Å². The van der Waals surface area contributed by atoms with E-state index in [0.29, 0.717) is 5.75 Å². The number of nitrogens with two attached hydrogens (primary N) is 1. The van der Waals surface area contributed by atoms with Crippen molar-refractivity contribution in [2.75, 3.05) is 13.2 Å². The molecule has 0 radical (unpaired) electrons. The fourth-order valence-corrected chi connectivity index (χ4v) is 3.09. The molecule has 24 heavy (non-hydrogen) atoms. The van der Waals surface area contributed by atoms with E-state index < -0.39 is 16.0 Å². The molecular formula is C15H13BrClNO5S. The van der Waals surface area contributed by atoms with Crippen LogP contribution in [0, 0.1) is 0 Å². The largest absolute Gasteiger partial charge is 0.490 e. The van der Waals surface area contributed by atoms with Gasteiger partial charge >= 0.3 is 5.97 Å². The number of sulfonamides is 1. The van der Waals surface area contributed by atoms with Crippen LogP contribution in [0.4, 0.5) is 0 Å². The number of primary sulfonamides is 1. The Kier molecular flexibility index (Phi) is 6.22. The van der Waals surface area contributed by atoms with Gasteiger partial charge in [0.05, 0.1) is 10.6 Å². The minimum absolute atomic E-state index is 0.00221. The van der Waals surface area contributed by atoms with Crippen LogP contribution in [0.1, 0.15) is 10.4 Å². The Morgan fingerprint density at radius 2 is 1.79 bits per heavy atom. The number of carbonyl (C=O) groups excluding carboxylic acids is 1. The zero-order valence-electron chi connectivity index (χ0n) is 12.2. The maximum Gasteiger partial charge on any atom is 0.338 e. The van der Waals surface area contributed by atoms with E-state index >= 15 is 0 Å². The molecule has 0 aliphatic carbocycles. The highest BCUT2D eigenvalue weighted by Crippen LogP contribution is 2.22. The molecule has 6 nitrogen and oxygen atoms in total. The maximum atomic E-state index is 11.9. The van der Waals surface area contributed by atoms with Crippen LogP contribution in [0.25, 0.3) is 0 Å². The van der Waals surface area contributed by atoms with Gasteiger partial charge in [0.2, 0.25) is 10.0 Å². The Bertz CT molecular complexity index is 839. The predicted molar refractivity (Wildman–Crippen MR) is 92.7 cm³/mol. The molecule has 2 rings (SSSR count). The standard InChI is InChI=1S/C15H13BrClNO5S/c16-11-2-4-12(5-3-11)22-7-8-23-15(19)10-1-6-13(17)14(9-10)24(18,20)21/h1-6,9H,7-8H2,(H2,18,20,21). The number of benzene rings is 2. The van der Waals surface area contributed by atoms with Gasteiger partial charge < -0.3 is 9.47 Å². The van der Waals surface area contributed by atoms with Gasteiger partial charge in [-0.1, -0.05) is 27.5 Å². The highest BCUT2D eigenvalue weighted by atomic mass is 79.9. The van der Waals surface area contributed by atoms with Gasteiger partial charge in [0.25, 0.3) is 0 Å². The smallest absolute Gasteiger partial charge is 0.338 e. The average molecular weight is 435 g/mol. The Morgan fingerprint density at radius 3 is 2.42 bits per heavy atom. The Labute approximate surface area is 152 Å². The van der Waals surface area contributed by atoms with E-state index in [1.165, 1.54) is 12.1 Å². The molecule has 2 N–H and O–H groups in total. The van der Waals surface area contributed by atoms with E-state index in [2.05, 4.69) is 15.9 Å². The molecule has 0 aromatic heterocycles. The molecule has 0 amide bonds. The Balaban J connectivity index is 1.92. The third-order valence-electron chi connectivity index (χ3n) is 2.87. The third-order valence-corrected chi connectivity index (χ3v) is 4.79. The van der Waals surface area contributed by atoms with Crippen molar-refractivity contribution in [2.24, 2.45) is 5.14 Å². The maximum absolute atomic E-state index is 11.9. The van der Waals surface area contributed by atoms with E-state index in [1.54, 1.807) is 12.1 Å². The molecule has 0 bridgehead atoms. The van der Waals surface area contributed by atoms with Gasteiger partial charge in [-0.25, -0.2) is 18.4 Å². The van der Waals surface area contributed by atoms with E-state index in [0.717, 1.165) is 10.5 Å². The molecule has 0 heterocycles. The minimum Gasteiger partial charge on any atom is -0.490 e. The van der Waals surface area contributed by atoms with Gasteiger partial charge in [-0.05, 0) is 42.5 Å². The van der Waals surface area contributed by atoms with E-state index in [9.17, 15) is 13.2 Å². The van der Waals surface area contributed by atoms with E-state index in [1.807, 2.05) is 12.1 Å². The summed E-state index contributed by atoms with van der Waals surface area (Å²) in [7, 11) is -4.02. The van der Waals surface area contributed by atoms with Crippen LogP contribution < -0.4 is 9.88 Å². The van der Waals surface area contributed by atoms with Crippen molar-refractivity contribution in [2.45, 2.75) is 4.90 Å². The second-order valence-corrected chi connectivity index (χ2v) is 7.48. The molecule has 0 spiro atoms. The summed E-state index contributed by atoms with van der Waals surface area (Å²) in [6.07, 6.45) is 0. The summed E-state index contributed by atoms with van der Waals surface area (Å²) in [5.41, 5.74) is 0.0343. The van der Waals surface area contributed by atoms with Gasteiger partial charge in [0.15, 0.2) is 0 Å². The summed E-state index contributed by atoms with van der Waals surface area (Å²) in [5.74, 6) is -0.0618. The lowest BCUT2D eigenvalue weighted by Gasteiger charge is -2.08. The van der Waals surface area contributed by atoms with Gasteiger partial charge in [-0.15, -0.1) is 0 Å². The first kappa shape index (κ1) is 18.7. The summed E-state index contributed by atoms with van der Waals surface area (Å²) in [5, 5.41) is 4.97. The third kappa shape index (κ3) is 5.20. The van der Waals surface area contributed by atoms with Crippen molar-refractivity contribution >= 4 is 43.5 Å². The molecule has 0 aliphatic rings. The highest BCUT2D eigenvalue weighted by Gasteiger charge is 2.17. The van der Waals surface area contributed by atoms with Crippen molar-refractivity contribution in [3.05, 3.63) is 57.5 Å². The zero-order valence-corrected chi connectivity index (χ0v) is 15.4. The zero-order chi connectivity index (χ0) is 17.7. The first-order valence-corrected chi connectivity index (χ1v) is 9.37. The first-order valence-electron chi connectivity index (χ1n) is 6.65. The molecule has 0 unspecified atom stereocenters. The monoisotopic (exact) mass is 433 g/mol. The van der Waals surface area contributed by atoms with Gasteiger partial charge in [0, 0.05) is 4.47 Å². The van der Waals surface area contributed by atoms with E-state index in [4.69, 9.17) is 26.2 Å². The van der Waals surface area contributed by atoms with Crippen LogP contribution in [0.15, 0.2) is 51.8 Å². The summed E-state index contributed by atoms with van der Waals surface area (Å²) in [4.78, 5) is 11.6. The fraction of sp³-hybridized carbons (Fsp3) is 0.133. The van der Waals surface area contributed by atoms with Crippen molar-refractivity contribution in [1.29, 1.82) is 0 Å². The lowest BCUT2D eigenvalue weighted by Crippen LogP contribution is -2.15. The number of carbonyl (C=O) groups is 1. The quantitative estimate of drug-likeness (QED) is 0.557. The summed E-state index contributed by atoms with van der Waals surface area (Å²) in [6, 6.07) is 10.9. The molecule has 0 aliphatic heterocycles. The second-order valence-electron chi connectivity index (χ2n) is 4.63. The van der Waals surface area contributed by atoms with Crippen molar-refractivity contribution in [3.8, 4) is 5.75 Å². The first-order chi connectivity index (χ1) is 11.3. The Hall–Kier alpha value is -1.61. The van der Waals surface area contributed by atoms with Crippen molar-refractivity contribution in [3.63, 3.8) is 0 Å². The lowest BCUT2D eigenvalue weighted by molar-refractivity contribution is 0.0450. The normalized spacial score (nSPS) is 11.1. The number of hydrogen-bond donors (Lipinski definition) is 1. The average Bonchev–Trinajstić information content (AvgIpc) is 2.52. The molecule has 2 aromatic carbocycles. The number of esters is 1. The molecule has 9 heteroatoms. The molecule has 128 valence electrons. The molecule has 2 aromatic rings. The molecular weight excluding hydrogens is 422 g/mol. The molecule has 0 saturated heterocycles. The topological polar surface area (TPSA) is 95.7 Å². The van der Waals surface area contributed by atoms with Crippen LogP contribution in [0.2, 0.25) is 5.02 Å². The van der Waals surface area contributed by atoms with Crippen molar-refractivity contribution in [1.82, 2.24) is 0 Å². The molecule has 0 fully saturated rings. The van der Waals surface area contributed by atoms with Crippen LogP contribution in [-0.2, 0) is 14.8 Å². The van der Waals surface area contributed by atoms with Crippen molar-refractivity contribution < 1.29 is 22.7 Å². The van der Waals surface area contributed by atoms with E-state index in [-0.39, 0.29) is 28.7 Å². The number of rotatable bonds is 6. The predicted octanol–water partition coefficient (Wildman–Crippen LogP) is 2.99. The fourth-order valence-electron chi connectivity index (χ4n) is 1.76. The van der Waals surface area contributed by atoms with Crippen LogP contribution in [0.5, 0.6) is 5.75 Å². The van der Waals surface area contributed by atoms with Gasteiger partial charge in [-0.2, -0.15) is 0 Å². The number of hydrogen-bond acceptors (Lipinski definition) is 5. The highest BCUT2D eigenvalue weighted by molar-refractivity contribution is 9.10. The summed E-state index contributed by atoms with van der Waals surface area (Å²) in [6.45, 7) is 0.158. The van der Waals surface area contributed by atoms with Gasteiger partial charge in [-0.3, -0.25) is 0 Å². The second kappa shape index (κ2) is 7.98. The molecule has 0 atom stereocenters. The van der Waals surface area contributed by atoms with Crippen LogP contribution in [0.3, 0.4) is 0 Å². The van der Waals surface area contributed by atoms with Crippen LogP contribution in [-0.4, -0.2) is 27.6 Å². The summed E-state index contributed by atoms with van der Waals surface area (Å²) < 4.78 is 34.1. The number of halogens is 2. The Morgan fingerprint density at radius 1 is 1.12 bits per heavy atom. The SMILES string of the molecule is NS(=O)(=O)c1cc(C(=O)OCCOc2ccc(Br)cc2)ccc1Cl. The summed E-state index contributed by atoms with van der Waals surface area (Å²) >= 11 is 9.07. The minimum atomic E-state index is -4.02. The molecule has 0 saturated carbocycles. The lowest BCUT2D eigenvalue weighted by atomic mass is 10.2. The number of ether oxygens (including phenoxy) is 2. The van der Waals surface area contributed by atoms with Gasteiger partial charge in [0.1, 0.15) is 23.9 Å².